The van der Waals surface area contributed by atoms with Crippen LogP contribution in [0.15, 0.2) is 60.8 Å². The van der Waals surface area contributed by atoms with Crippen LogP contribution in [0.4, 0.5) is 0 Å². The Balaban J connectivity index is 1.93. The predicted molar refractivity (Wildman–Crippen MR) is 78.9 cm³/mol. The second kappa shape index (κ2) is 5.31. The molecule has 0 saturated heterocycles. The first-order chi connectivity index (χ1) is 9.74. The molecule has 1 heterocycles. The summed E-state index contributed by atoms with van der Waals surface area (Å²) in [6.45, 7) is 1.74. The number of aliphatic hydroxyl groups is 1. The Kier molecular flexibility index (Phi) is 3.35. The number of fused-ring (bicyclic) bond motifs is 1. The average Bonchev–Trinajstić information content (AvgIpc) is 2.48. The third-order valence-corrected chi connectivity index (χ3v) is 3.20. The molecule has 3 nitrogen and oxygen atoms in total. The van der Waals surface area contributed by atoms with Crippen LogP contribution < -0.4 is 4.74 Å². The predicted octanol–water partition coefficient (Wildman–Crippen LogP) is 4.08. The van der Waals surface area contributed by atoms with Crippen molar-refractivity contribution < 1.29 is 9.84 Å². The summed E-state index contributed by atoms with van der Waals surface area (Å²) >= 11 is 0. The largest absolute Gasteiger partial charge is 0.457 e. The van der Waals surface area contributed by atoms with Crippen molar-refractivity contribution in [3.8, 4) is 11.5 Å². The number of hydrogen-bond acceptors (Lipinski definition) is 3. The lowest BCUT2D eigenvalue weighted by molar-refractivity contribution is 0.199. The molecule has 0 aliphatic carbocycles. The molecule has 1 aromatic heterocycles. The number of ether oxygens (including phenoxy) is 1. The molecule has 0 spiro atoms. The van der Waals surface area contributed by atoms with Crippen LogP contribution in [-0.4, -0.2) is 10.1 Å². The van der Waals surface area contributed by atoms with Gasteiger partial charge in [-0.3, -0.25) is 4.98 Å². The Labute approximate surface area is 117 Å². The number of hydrogen-bond donors (Lipinski definition) is 1. The van der Waals surface area contributed by atoms with E-state index in [1.54, 1.807) is 13.1 Å². The Morgan fingerprint density at radius 2 is 1.80 bits per heavy atom. The van der Waals surface area contributed by atoms with Gasteiger partial charge in [-0.1, -0.05) is 18.2 Å². The van der Waals surface area contributed by atoms with Crippen LogP contribution in [-0.2, 0) is 0 Å². The number of benzene rings is 2. The Hall–Kier alpha value is -2.39. The van der Waals surface area contributed by atoms with E-state index in [1.807, 2.05) is 54.6 Å². The number of nitrogens with zero attached hydrogens (tertiary/aromatic N) is 1. The minimum absolute atomic E-state index is 0.467. The third-order valence-electron chi connectivity index (χ3n) is 3.20. The van der Waals surface area contributed by atoms with E-state index in [0.29, 0.717) is 0 Å². The van der Waals surface area contributed by atoms with E-state index < -0.39 is 6.10 Å². The lowest BCUT2D eigenvalue weighted by Gasteiger charge is -2.10. The van der Waals surface area contributed by atoms with Crippen LogP contribution >= 0.6 is 0 Å². The molecule has 0 bridgehead atoms. The Morgan fingerprint density at radius 3 is 2.55 bits per heavy atom. The first-order valence-corrected chi connectivity index (χ1v) is 6.54. The first kappa shape index (κ1) is 12.6. The highest BCUT2D eigenvalue weighted by Gasteiger charge is 2.05. The minimum atomic E-state index is -0.467. The molecule has 3 heteroatoms. The molecule has 0 aliphatic heterocycles. The van der Waals surface area contributed by atoms with Gasteiger partial charge in [0.25, 0.3) is 0 Å². The molecule has 0 fully saturated rings. The van der Waals surface area contributed by atoms with Crippen molar-refractivity contribution in [1.82, 2.24) is 4.98 Å². The van der Waals surface area contributed by atoms with Crippen molar-refractivity contribution in [1.29, 1.82) is 0 Å². The normalized spacial score (nSPS) is 12.3. The Morgan fingerprint density at radius 1 is 1.00 bits per heavy atom. The zero-order chi connectivity index (χ0) is 13.9. The van der Waals surface area contributed by atoms with Gasteiger partial charge < -0.3 is 9.84 Å². The molecular formula is C17H15NO2. The second-order valence-corrected chi connectivity index (χ2v) is 4.67. The highest BCUT2D eigenvalue weighted by molar-refractivity contribution is 5.85. The van der Waals surface area contributed by atoms with Gasteiger partial charge in [-0.05, 0) is 48.9 Å². The third kappa shape index (κ3) is 2.49. The van der Waals surface area contributed by atoms with Gasteiger partial charge in [0.2, 0.25) is 0 Å². The maximum atomic E-state index is 9.50. The summed E-state index contributed by atoms with van der Waals surface area (Å²) in [7, 11) is 0. The standard InChI is InChI=1S/C17H15NO2/c1-12(19)13-7-9-14(10-8-13)20-17-6-2-5-16-15(17)4-3-11-18-16/h2-12,19H,1H3/t12-/m0/s1. The summed E-state index contributed by atoms with van der Waals surface area (Å²) in [5.41, 5.74) is 1.78. The molecule has 0 radical (unpaired) electrons. The van der Waals surface area contributed by atoms with Crippen LogP contribution in [0.2, 0.25) is 0 Å². The van der Waals surface area contributed by atoms with Gasteiger partial charge in [0.15, 0.2) is 0 Å². The maximum Gasteiger partial charge on any atom is 0.136 e. The summed E-state index contributed by atoms with van der Waals surface area (Å²) < 4.78 is 5.90. The molecular weight excluding hydrogens is 250 g/mol. The minimum Gasteiger partial charge on any atom is -0.457 e. The van der Waals surface area contributed by atoms with E-state index in [1.165, 1.54) is 0 Å². The smallest absolute Gasteiger partial charge is 0.136 e. The van der Waals surface area contributed by atoms with E-state index in [-0.39, 0.29) is 0 Å². The molecule has 1 atom stereocenters. The van der Waals surface area contributed by atoms with Gasteiger partial charge >= 0.3 is 0 Å². The summed E-state index contributed by atoms with van der Waals surface area (Å²) in [5, 5.41) is 10.5. The van der Waals surface area contributed by atoms with Gasteiger partial charge in [-0.2, -0.15) is 0 Å². The molecule has 0 amide bonds. The molecule has 0 aliphatic rings. The fraction of sp³-hybridized carbons (Fsp3) is 0.118. The number of pyridine rings is 1. The van der Waals surface area contributed by atoms with Crippen molar-refractivity contribution >= 4 is 10.9 Å². The highest BCUT2D eigenvalue weighted by Crippen LogP contribution is 2.29. The lowest BCUT2D eigenvalue weighted by Crippen LogP contribution is -1.91. The summed E-state index contributed by atoms with van der Waals surface area (Å²) in [4.78, 5) is 4.31. The van der Waals surface area contributed by atoms with Crippen molar-refractivity contribution in [2.24, 2.45) is 0 Å². The zero-order valence-electron chi connectivity index (χ0n) is 11.2. The summed E-state index contributed by atoms with van der Waals surface area (Å²) in [6.07, 6.45) is 1.30. The molecule has 3 rings (SSSR count). The second-order valence-electron chi connectivity index (χ2n) is 4.67. The van der Waals surface area contributed by atoms with Gasteiger partial charge in [0.05, 0.1) is 11.6 Å². The monoisotopic (exact) mass is 265 g/mol. The van der Waals surface area contributed by atoms with Crippen LogP contribution in [0.5, 0.6) is 11.5 Å². The van der Waals surface area contributed by atoms with E-state index >= 15 is 0 Å². The molecule has 100 valence electrons. The van der Waals surface area contributed by atoms with Crippen molar-refractivity contribution in [3.05, 3.63) is 66.4 Å². The molecule has 3 aromatic rings. The van der Waals surface area contributed by atoms with Crippen molar-refractivity contribution in [2.75, 3.05) is 0 Å². The van der Waals surface area contributed by atoms with Crippen LogP contribution in [0, 0.1) is 0 Å². The van der Waals surface area contributed by atoms with Crippen LogP contribution in [0.3, 0.4) is 0 Å². The molecule has 0 saturated carbocycles. The van der Waals surface area contributed by atoms with Crippen molar-refractivity contribution in [2.45, 2.75) is 13.0 Å². The fourth-order valence-corrected chi connectivity index (χ4v) is 2.11. The fourth-order valence-electron chi connectivity index (χ4n) is 2.11. The van der Waals surface area contributed by atoms with Gasteiger partial charge in [-0.25, -0.2) is 0 Å². The topological polar surface area (TPSA) is 42.4 Å². The van der Waals surface area contributed by atoms with Crippen LogP contribution in [0.25, 0.3) is 10.9 Å². The number of aromatic nitrogens is 1. The quantitative estimate of drug-likeness (QED) is 0.775. The first-order valence-electron chi connectivity index (χ1n) is 6.54. The van der Waals surface area contributed by atoms with E-state index in [2.05, 4.69) is 4.98 Å². The summed E-state index contributed by atoms with van der Waals surface area (Å²) in [5.74, 6) is 1.52. The summed E-state index contributed by atoms with van der Waals surface area (Å²) in [6, 6.07) is 17.1. The molecule has 0 unspecified atom stereocenters. The van der Waals surface area contributed by atoms with Crippen LogP contribution in [0.1, 0.15) is 18.6 Å². The van der Waals surface area contributed by atoms with Gasteiger partial charge in [0.1, 0.15) is 11.5 Å². The molecule has 20 heavy (non-hydrogen) atoms. The van der Waals surface area contributed by atoms with Crippen molar-refractivity contribution in [3.63, 3.8) is 0 Å². The maximum absolute atomic E-state index is 9.50. The lowest BCUT2D eigenvalue weighted by atomic mass is 10.1. The Bertz CT molecular complexity index is 715. The van der Waals surface area contributed by atoms with Gasteiger partial charge in [0, 0.05) is 11.6 Å². The number of aliphatic hydroxyl groups excluding tert-OH is 1. The van der Waals surface area contributed by atoms with E-state index in [0.717, 1.165) is 28.0 Å². The number of rotatable bonds is 3. The van der Waals surface area contributed by atoms with Gasteiger partial charge in [-0.15, -0.1) is 0 Å². The zero-order valence-corrected chi connectivity index (χ0v) is 11.2. The molecule has 2 aromatic carbocycles. The van der Waals surface area contributed by atoms with E-state index in [9.17, 15) is 5.11 Å². The molecule has 1 N–H and O–H groups in total. The SMILES string of the molecule is C[C@H](O)c1ccc(Oc2cccc3ncccc23)cc1. The highest BCUT2D eigenvalue weighted by atomic mass is 16.5. The average molecular weight is 265 g/mol. The van der Waals surface area contributed by atoms with E-state index in [4.69, 9.17) is 4.74 Å².